The van der Waals surface area contributed by atoms with Gasteiger partial charge in [-0.25, -0.2) is 4.39 Å². The first-order valence-electron chi connectivity index (χ1n) is 9.73. The highest BCUT2D eigenvalue weighted by atomic mass is 19.1. The molecule has 8 heteroatoms. The molecule has 0 saturated heterocycles. The van der Waals surface area contributed by atoms with Gasteiger partial charge in [0.05, 0.1) is 11.6 Å². The highest BCUT2D eigenvalue weighted by Crippen LogP contribution is 2.33. The van der Waals surface area contributed by atoms with Crippen molar-refractivity contribution in [1.29, 1.82) is 5.26 Å². The normalized spacial score (nSPS) is 15.2. The van der Waals surface area contributed by atoms with Crippen LogP contribution in [-0.2, 0) is 4.79 Å². The lowest BCUT2D eigenvalue weighted by atomic mass is 10.1. The van der Waals surface area contributed by atoms with Crippen LogP contribution in [0.1, 0.15) is 41.4 Å². The number of amides is 2. The minimum Gasteiger partial charge on any atom is -0.348 e. The topological polar surface area (TPSA) is 111 Å². The van der Waals surface area contributed by atoms with Gasteiger partial charge in [0, 0.05) is 23.3 Å². The number of hydrogen-bond donors (Lipinski definition) is 3. The first-order valence-corrected chi connectivity index (χ1v) is 9.73. The van der Waals surface area contributed by atoms with Crippen molar-refractivity contribution in [3.63, 3.8) is 0 Å². The lowest BCUT2D eigenvalue weighted by Crippen LogP contribution is -2.47. The molecule has 2 aromatic heterocycles. The van der Waals surface area contributed by atoms with Crippen LogP contribution in [0, 0.1) is 23.1 Å². The standard InChI is InChI=1S/C22H20FN5O2/c23-16-5-1-3-14-10-18(26-20(14)16)22(30)27-17(9-13-6-7-13)21(29)28-19(11-24)15-4-2-8-25-12-15/h1-5,8,10,12-13,17,19,26H,6-7,9H2,(H,27,30)(H,28,29)/t17-,19?/m0/s1. The Morgan fingerprint density at radius 3 is 2.77 bits per heavy atom. The van der Waals surface area contributed by atoms with Gasteiger partial charge in [-0.2, -0.15) is 5.26 Å². The van der Waals surface area contributed by atoms with Crippen molar-refractivity contribution in [2.24, 2.45) is 5.92 Å². The van der Waals surface area contributed by atoms with Crippen LogP contribution >= 0.6 is 0 Å². The van der Waals surface area contributed by atoms with Crippen LogP contribution in [0.15, 0.2) is 48.8 Å². The van der Waals surface area contributed by atoms with Crippen molar-refractivity contribution < 1.29 is 14.0 Å². The number of fused-ring (bicyclic) bond motifs is 1. The zero-order valence-corrected chi connectivity index (χ0v) is 16.1. The number of hydrogen-bond acceptors (Lipinski definition) is 4. The maximum absolute atomic E-state index is 13.9. The molecule has 1 aliphatic rings. The number of nitrogens with zero attached hydrogens (tertiary/aromatic N) is 2. The van der Waals surface area contributed by atoms with Gasteiger partial charge in [-0.05, 0) is 30.5 Å². The van der Waals surface area contributed by atoms with Gasteiger partial charge < -0.3 is 15.6 Å². The van der Waals surface area contributed by atoms with E-state index >= 15 is 0 Å². The summed E-state index contributed by atoms with van der Waals surface area (Å²) >= 11 is 0. The highest BCUT2D eigenvalue weighted by molar-refractivity contribution is 6.00. The number of pyridine rings is 1. The third-order valence-corrected chi connectivity index (χ3v) is 5.17. The predicted molar refractivity (Wildman–Crippen MR) is 108 cm³/mol. The van der Waals surface area contributed by atoms with Crippen molar-refractivity contribution in [3.8, 4) is 6.07 Å². The van der Waals surface area contributed by atoms with Crippen molar-refractivity contribution in [3.05, 3.63) is 65.9 Å². The van der Waals surface area contributed by atoms with E-state index in [0.29, 0.717) is 23.3 Å². The molecule has 2 heterocycles. The number of para-hydroxylation sites is 1. The van der Waals surface area contributed by atoms with Gasteiger partial charge in [-0.15, -0.1) is 0 Å². The SMILES string of the molecule is N#CC(NC(=O)[C@H](CC1CC1)NC(=O)c1cc2cccc(F)c2[nH]1)c1cccnc1. The summed E-state index contributed by atoms with van der Waals surface area (Å²) in [5.74, 6) is -1.03. The molecule has 0 spiro atoms. The van der Waals surface area contributed by atoms with Gasteiger partial charge in [-0.1, -0.05) is 31.0 Å². The van der Waals surface area contributed by atoms with E-state index in [1.165, 1.54) is 12.3 Å². The van der Waals surface area contributed by atoms with Gasteiger partial charge >= 0.3 is 0 Å². The van der Waals surface area contributed by atoms with E-state index in [0.717, 1.165) is 12.8 Å². The number of carbonyl (C=O) groups excluding carboxylic acids is 2. The molecule has 0 bridgehead atoms. The van der Waals surface area contributed by atoms with E-state index in [4.69, 9.17) is 0 Å². The van der Waals surface area contributed by atoms with E-state index < -0.39 is 29.7 Å². The summed E-state index contributed by atoms with van der Waals surface area (Å²) in [7, 11) is 0. The lowest BCUT2D eigenvalue weighted by Gasteiger charge is -2.20. The Morgan fingerprint density at radius 1 is 1.27 bits per heavy atom. The molecule has 1 fully saturated rings. The number of nitriles is 1. The Labute approximate surface area is 172 Å². The largest absolute Gasteiger partial charge is 0.348 e. The molecule has 4 rings (SSSR count). The number of H-pyrrole nitrogens is 1. The fraction of sp³-hybridized carbons (Fsp3) is 0.273. The summed E-state index contributed by atoms with van der Waals surface area (Å²) in [6, 6.07) is 9.90. The molecule has 1 aromatic carbocycles. The fourth-order valence-corrected chi connectivity index (χ4v) is 3.38. The van der Waals surface area contributed by atoms with Crippen molar-refractivity contribution in [2.75, 3.05) is 0 Å². The van der Waals surface area contributed by atoms with Crippen LogP contribution in [0.2, 0.25) is 0 Å². The highest BCUT2D eigenvalue weighted by Gasteiger charge is 2.32. The molecule has 3 N–H and O–H groups in total. The molecule has 0 aliphatic heterocycles. The Hall–Kier alpha value is -3.73. The molecule has 1 unspecified atom stereocenters. The number of benzene rings is 1. The van der Waals surface area contributed by atoms with Gasteiger partial charge in [0.1, 0.15) is 23.6 Å². The molecule has 7 nitrogen and oxygen atoms in total. The first kappa shape index (κ1) is 19.6. The summed E-state index contributed by atoms with van der Waals surface area (Å²) < 4.78 is 13.9. The smallest absolute Gasteiger partial charge is 0.268 e. The third-order valence-electron chi connectivity index (χ3n) is 5.17. The molecule has 2 amide bonds. The average molecular weight is 405 g/mol. The second kappa shape index (κ2) is 8.33. The number of aromatic nitrogens is 2. The van der Waals surface area contributed by atoms with E-state index in [1.54, 1.807) is 36.5 Å². The number of carbonyl (C=O) groups is 2. The minimum atomic E-state index is -0.869. The molecule has 30 heavy (non-hydrogen) atoms. The first-order chi connectivity index (χ1) is 14.5. The second-order valence-electron chi connectivity index (χ2n) is 7.45. The third kappa shape index (κ3) is 4.30. The number of nitrogens with one attached hydrogen (secondary N) is 3. The van der Waals surface area contributed by atoms with E-state index in [9.17, 15) is 19.2 Å². The van der Waals surface area contributed by atoms with Crippen molar-refractivity contribution >= 4 is 22.7 Å². The lowest BCUT2D eigenvalue weighted by molar-refractivity contribution is -0.123. The predicted octanol–water partition coefficient (Wildman–Crippen LogP) is 2.98. The van der Waals surface area contributed by atoms with Crippen LogP contribution < -0.4 is 10.6 Å². The van der Waals surface area contributed by atoms with Gasteiger partial charge in [0.25, 0.3) is 5.91 Å². The van der Waals surface area contributed by atoms with E-state index in [1.807, 2.05) is 6.07 Å². The number of aromatic amines is 1. The second-order valence-corrected chi connectivity index (χ2v) is 7.45. The monoisotopic (exact) mass is 405 g/mol. The maximum Gasteiger partial charge on any atom is 0.268 e. The van der Waals surface area contributed by atoms with Crippen LogP contribution in [0.25, 0.3) is 10.9 Å². The molecule has 1 aliphatic carbocycles. The van der Waals surface area contributed by atoms with Crippen LogP contribution in [0.5, 0.6) is 0 Å². The maximum atomic E-state index is 13.9. The quantitative estimate of drug-likeness (QED) is 0.561. The van der Waals surface area contributed by atoms with Crippen LogP contribution in [0.4, 0.5) is 4.39 Å². The van der Waals surface area contributed by atoms with Gasteiger partial charge in [-0.3, -0.25) is 14.6 Å². The summed E-state index contributed by atoms with van der Waals surface area (Å²) in [4.78, 5) is 32.4. The molecule has 3 aromatic rings. The summed E-state index contributed by atoms with van der Waals surface area (Å²) in [5.41, 5.74) is 0.982. The Bertz CT molecular complexity index is 1120. The summed E-state index contributed by atoms with van der Waals surface area (Å²) in [6.45, 7) is 0. The number of halogens is 1. The molecule has 1 saturated carbocycles. The van der Waals surface area contributed by atoms with E-state index in [2.05, 4.69) is 20.6 Å². The van der Waals surface area contributed by atoms with Gasteiger partial charge in [0.15, 0.2) is 0 Å². The van der Waals surface area contributed by atoms with Gasteiger partial charge in [0.2, 0.25) is 5.91 Å². The minimum absolute atomic E-state index is 0.174. The zero-order chi connectivity index (χ0) is 21.1. The Balaban J connectivity index is 1.50. The molecule has 152 valence electrons. The van der Waals surface area contributed by atoms with Crippen LogP contribution in [-0.4, -0.2) is 27.8 Å². The molecule has 0 radical (unpaired) electrons. The average Bonchev–Trinajstić information content (AvgIpc) is 3.46. The zero-order valence-electron chi connectivity index (χ0n) is 16.1. The summed E-state index contributed by atoms with van der Waals surface area (Å²) in [6.07, 6.45) is 5.58. The van der Waals surface area contributed by atoms with Crippen LogP contribution in [0.3, 0.4) is 0 Å². The Morgan fingerprint density at radius 2 is 2.10 bits per heavy atom. The molecular weight excluding hydrogens is 385 g/mol. The Kier molecular flexibility index (Phi) is 5.44. The van der Waals surface area contributed by atoms with Crippen molar-refractivity contribution in [2.45, 2.75) is 31.3 Å². The number of rotatable bonds is 7. The summed E-state index contributed by atoms with van der Waals surface area (Å²) in [5, 5.41) is 15.4. The van der Waals surface area contributed by atoms with Crippen molar-refractivity contribution in [1.82, 2.24) is 20.6 Å². The van der Waals surface area contributed by atoms with E-state index in [-0.39, 0.29) is 11.2 Å². The molecular formula is C22H20FN5O2. The molecule has 2 atom stereocenters. The fourth-order valence-electron chi connectivity index (χ4n) is 3.38.